The maximum Gasteiger partial charge on any atom is 0.329 e. The highest BCUT2D eigenvalue weighted by Crippen LogP contribution is 2.33. The van der Waals surface area contributed by atoms with Crippen LogP contribution in [-0.4, -0.2) is 37.7 Å². The number of halogens is 2. The van der Waals surface area contributed by atoms with Gasteiger partial charge in [-0.05, 0) is 64.6 Å². The Balaban J connectivity index is 1.55. The van der Waals surface area contributed by atoms with Crippen molar-refractivity contribution in [2.24, 2.45) is 5.10 Å². The standard InChI is InChI=1S/C23H20ClIN4O6/c1-33-19-10-14(11-27-29-23(32)22(31)26-12-15-5-4-8-34-15)9-17(25)21(19)35-13-20(30)28-18-7-3-2-6-16(18)24/h2-11H,12-13H2,1H3,(H,26,31)(H,28,30)(H,29,32)/b27-11-. The van der Waals surface area contributed by atoms with Crippen molar-refractivity contribution in [3.05, 3.63) is 74.7 Å². The molecule has 0 bridgehead atoms. The lowest BCUT2D eigenvalue weighted by molar-refractivity contribution is -0.139. The summed E-state index contributed by atoms with van der Waals surface area (Å²) in [5.74, 6) is -0.953. The molecule has 3 aromatic rings. The van der Waals surface area contributed by atoms with Gasteiger partial charge < -0.3 is 24.5 Å². The van der Waals surface area contributed by atoms with E-state index in [4.69, 9.17) is 25.5 Å². The largest absolute Gasteiger partial charge is 0.493 e. The average Bonchev–Trinajstić information content (AvgIpc) is 3.36. The number of hydrogen-bond acceptors (Lipinski definition) is 7. The highest BCUT2D eigenvalue weighted by Gasteiger charge is 2.15. The summed E-state index contributed by atoms with van der Waals surface area (Å²) in [6.07, 6.45) is 2.81. The average molecular weight is 611 g/mol. The normalized spacial score (nSPS) is 10.6. The molecule has 0 radical (unpaired) electrons. The van der Waals surface area contributed by atoms with E-state index in [1.54, 1.807) is 48.5 Å². The molecule has 0 spiro atoms. The van der Waals surface area contributed by atoms with Crippen molar-refractivity contribution < 1.29 is 28.3 Å². The van der Waals surface area contributed by atoms with Crippen LogP contribution < -0.4 is 25.5 Å². The molecular weight excluding hydrogens is 591 g/mol. The molecule has 2 aromatic carbocycles. The molecule has 12 heteroatoms. The number of carbonyl (C=O) groups is 3. The van der Waals surface area contributed by atoms with E-state index in [0.717, 1.165) is 0 Å². The van der Waals surface area contributed by atoms with Crippen LogP contribution in [-0.2, 0) is 20.9 Å². The summed E-state index contributed by atoms with van der Waals surface area (Å²) >= 11 is 8.07. The first-order valence-corrected chi connectivity index (χ1v) is 11.5. The smallest absolute Gasteiger partial charge is 0.329 e. The molecule has 1 aromatic heterocycles. The topological polar surface area (TPSA) is 131 Å². The van der Waals surface area contributed by atoms with Gasteiger partial charge in [-0.2, -0.15) is 5.10 Å². The van der Waals surface area contributed by atoms with Gasteiger partial charge in [-0.25, -0.2) is 5.43 Å². The molecule has 182 valence electrons. The second-order valence-electron chi connectivity index (χ2n) is 6.81. The van der Waals surface area contributed by atoms with Gasteiger partial charge in [-0.3, -0.25) is 14.4 Å². The maximum atomic E-state index is 12.3. The third kappa shape index (κ3) is 7.72. The first kappa shape index (κ1) is 26.0. The van der Waals surface area contributed by atoms with Gasteiger partial charge in [0.2, 0.25) is 0 Å². The first-order chi connectivity index (χ1) is 16.9. The molecule has 1 heterocycles. The Bertz CT molecular complexity index is 1230. The number of hydrogen-bond donors (Lipinski definition) is 3. The zero-order chi connectivity index (χ0) is 25.2. The zero-order valence-electron chi connectivity index (χ0n) is 18.3. The molecule has 0 saturated heterocycles. The Morgan fingerprint density at radius 1 is 1.14 bits per heavy atom. The lowest BCUT2D eigenvalue weighted by Crippen LogP contribution is -2.37. The maximum absolute atomic E-state index is 12.3. The number of rotatable bonds is 9. The van der Waals surface area contributed by atoms with Gasteiger partial charge in [0.15, 0.2) is 18.1 Å². The molecule has 0 fully saturated rings. The molecule has 0 atom stereocenters. The number of furan rings is 1. The second kappa shape index (κ2) is 12.8. The Kier molecular flexibility index (Phi) is 9.49. The number of anilines is 1. The molecule has 35 heavy (non-hydrogen) atoms. The molecule has 3 amide bonds. The fourth-order valence-corrected chi connectivity index (χ4v) is 3.68. The van der Waals surface area contributed by atoms with Crippen LogP contribution in [0.1, 0.15) is 11.3 Å². The van der Waals surface area contributed by atoms with Crippen molar-refractivity contribution in [1.82, 2.24) is 10.7 Å². The van der Waals surface area contributed by atoms with Crippen molar-refractivity contribution in [1.29, 1.82) is 0 Å². The summed E-state index contributed by atoms with van der Waals surface area (Å²) in [5, 5.41) is 9.30. The molecular formula is C23H20ClIN4O6. The van der Waals surface area contributed by atoms with Crippen LogP contribution in [0.3, 0.4) is 0 Å². The minimum Gasteiger partial charge on any atom is -0.493 e. The van der Waals surface area contributed by atoms with Crippen molar-refractivity contribution in [3.8, 4) is 11.5 Å². The third-order valence-electron chi connectivity index (χ3n) is 4.34. The molecule has 0 aliphatic rings. The lowest BCUT2D eigenvalue weighted by Gasteiger charge is -2.14. The summed E-state index contributed by atoms with van der Waals surface area (Å²) in [6.45, 7) is -0.190. The number of methoxy groups -OCH3 is 1. The Morgan fingerprint density at radius 2 is 1.94 bits per heavy atom. The fraction of sp³-hybridized carbons (Fsp3) is 0.130. The molecule has 0 unspecified atom stereocenters. The minimum absolute atomic E-state index is 0.0796. The second-order valence-corrected chi connectivity index (χ2v) is 8.38. The van der Waals surface area contributed by atoms with E-state index >= 15 is 0 Å². The van der Waals surface area contributed by atoms with Gasteiger partial charge in [0, 0.05) is 0 Å². The van der Waals surface area contributed by atoms with E-state index in [1.807, 2.05) is 22.6 Å². The minimum atomic E-state index is -0.932. The predicted octanol–water partition coefficient (Wildman–Crippen LogP) is 3.33. The number of nitrogens with one attached hydrogen (secondary N) is 3. The van der Waals surface area contributed by atoms with Crippen molar-refractivity contribution >= 4 is 63.8 Å². The summed E-state index contributed by atoms with van der Waals surface area (Å²) in [4.78, 5) is 36.0. The van der Waals surface area contributed by atoms with E-state index in [9.17, 15) is 14.4 Å². The van der Waals surface area contributed by atoms with Crippen molar-refractivity contribution in [2.75, 3.05) is 19.0 Å². The zero-order valence-corrected chi connectivity index (χ0v) is 21.3. The lowest BCUT2D eigenvalue weighted by atomic mass is 10.2. The predicted molar refractivity (Wildman–Crippen MR) is 138 cm³/mol. The molecule has 10 nitrogen and oxygen atoms in total. The fourth-order valence-electron chi connectivity index (χ4n) is 2.72. The van der Waals surface area contributed by atoms with Gasteiger partial charge in [0.1, 0.15) is 5.76 Å². The Morgan fingerprint density at radius 3 is 2.66 bits per heavy atom. The van der Waals surface area contributed by atoms with Crippen LogP contribution in [0.5, 0.6) is 11.5 Å². The number of ether oxygens (including phenoxy) is 2. The van der Waals surface area contributed by atoms with Crippen LogP contribution in [0, 0.1) is 3.57 Å². The quantitative estimate of drug-likeness (QED) is 0.147. The van der Waals surface area contributed by atoms with Crippen molar-refractivity contribution in [2.45, 2.75) is 6.54 Å². The first-order valence-electron chi connectivity index (χ1n) is 10.1. The SMILES string of the molecule is COc1cc(/C=N\NC(=O)C(=O)NCc2ccco2)cc(I)c1OCC(=O)Nc1ccccc1Cl. The number of amides is 3. The molecule has 0 aliphatic carbocycles. The van der Waals surface area contributed by atoms with Gasteiger partial charge in [0.05, 0.1) is 40.4 Å². The van der Waals surface area contributed by atoms with Crippen molar-refractivity contribution in [3.63, 3.8) is 0 Å². The summed E-state index contributed by atoms with van der Waals surface area (Å²) in [7, 11) is 1.45. The summed E-state index contributed by atoms with van der Waals surface area (Å²) < 4.78 is 16.7. The number of carbonyl (C=O) groups excluding carboxylic acids is 3. The van der Waals surface area contributed by atoms with E-state index in [1.165, 1.54) is 19.6 Å². The van der Waals surface area contributed by atoms with Crippen LogP contribution in [0.2, 0.25) is 5.02 Å². The van der Waals surface area contributed by atoms with E-state index < -0.39 is 17.7 Å². The molecule has 3 N–H and O–H groups in total. The molecule has 3 rings (SSSR count). The van der Waals surface area contributed by atoms with Gasteiger partial charge in [0.25, 0.3) is 5.91 Å². The number of hydrazone groups is 1. The van der Waals surface area contributed by atoms with Gasteiger partial charge in [-0.15, -0.1) is 0 Å². The Hall–Kier alpha value is -3.58. The highest BCUT2D eigenvalue weighted by atomic mass is 127. The summed E-state index contributed by atoms with van der Waals surface area (Å²) in [5.41, 5.74) is 3.19. The van der Waals surface area contributed by atoms with Crippen LogP contribution in [0.15, 0.2) is 64.3 Å². The van der Waals surface area contributed by atoms with Crippen LogP contribution in [0.25, 0.3) is 0 Å². The van der Waals surface area contributed by atoms with E-state index in [-0.39, 0.29) is 13.2 Å². The highest BCUT2D eigenvalue weighted by molar-refractivity contribution is 14.1. The Labute approximate surface area is 219 Å². The van der Waals surface area contributed by atoms with E-state index in [0.29, 0.717) is 37.1 Å². The number of nitrogens with zero attached hydrogens (tertiary/aromatic N) is 1. The van der Waals surface area contributed by atoms with E-state index in [2.05, 4.69) is 21.2 Å². The summed E-state index contributed by atoms with van der Waals surface area (Å²) in [6, 6.07) is 13.5. The van der Waals surface area contributed by atoms with Gasteiger partial charge in [-0.1, -0.05) is 23.7 Å². The van der Waals surface area contributed by atoms with Crippen LogP contribution >= 0.6 is 34.2 Å². The third-order valence-corrected chi connectivity index (χ3v) is 5.47. The van der Waals surface area contributed by atoms with Gasteiger partial charge >= 0.3 is 11.8 Å². The van der Waals surface area contributed by atoms with Crippen LogP contribution in [0.4, 0.5) is 5.69 Å². The number of benzene rings is 2. The molecule has 0 saturated carbocycles. The molecule has 0 aliphatic heterocycles. The number of para-hydroxylation sites is 1. The monoisotopic (exact) mass is 610 g/mol.